The van der Waals surface area contributed by atoms with E-state index in [1.54, 1.807) is 0 Å². The maximum atomic E-state index is 11.7. The Kier molecular flexibility index (Phi) is 13.9. The van der Waals surface area contributed by atoms with Crippen LogP contribution in [0.25, 0.3) is 0 Å². The molecule has 0 aromatic heterocycles. The van der Waals surface area contributed by atoms with Crippen LogP contribution in [0.1, 0.15) is 91.9 Å². The van der Waals surface area contributed by atoms with E-state index in [2.05, 4.69) is 20.8 Å². The molecular weight excluding hydrogens is 292 g/mol. The minimum absolute atomic E-state index is 0.123. The molecule has 0 bridgehead atoms. The van der Waals surface area contributed by atoms with Gasteiger partial charge in [0.25, 0.3) is 0 Å². The standard InChI is InChI=1S/C19H36O4/c1-5-6-7-8-9-10-13-17(4)23-19(21)15-18(20)22-14-11-12-16(2)3/h16-17H,5-15H2,1-4H3. The fourth-order valence-corrected chi connectivity index (χ4v) is 2.38. The molecule has 0 amide bonds. The minimum atomic E-state index is -0.481. The Labute approximate surface area is 142 Å². The molecule has 0 aliphatic carbocycles. The number of carbonyl (C=O) groups is 2. The van der Waals surface area contributed by atoms with Gasteiger partial charge in [-0.3, -0.25) is 9.59 Å². The van der Waals surface area contributed by atoms with E-state index >= 15 is 0 Å². The van der Waals surface area contributed by atoms with E-state index < -0.39 is 11.9 Å². The summed E-state index contributed by atoms with van der Waals surface area (Å²) in [6, 6.07) is 0. The van der Waals surface area contributed by atoms with Crippen LogP contribution in [0.4, 0.5) is 0 Å². The third-order valence-electron chi connectivity index (χ3n) is 3.77. The van der Waals surface area contributed by atoms with Crippen molar-refractivity contribution in [3.63, 3.8) is 0 Å². The first kappa shape index (κ1) is 21.9. The van der Waals surface area contributed by atoms with Gasteiger partial charge in [-0.2, -0.15) is 0 Å². The first-order valence-electron chi connectivity index (χ1n) is 9.30. The lowest BCUT2D eigenvalue weighted by Gasteiger charge is -2.13. The lowest BCUT2D eigenvalue weighted by molar-refractivity contribution is -0.157. The molecule has 0 aromatic rings. The summed E-state index contributed by atoms with van der Waals surface area (Å²) >= 11 is 0. The van der Waals surface area contributed by atoms with Crippen molar-refractivity contribution in [2.45, 2.75) is 98.0 Å². The zero-order valence-electron chi connectivity index (χ0n) is 15.6. The van der Waals surface area contributed by atoms with Crippen molar-refractivity contribution in [3.8, 4) is 0 Å². The van der Waals surface area contributed by atoms with Crippen molar-refractivity contribution in [1.82, 2.24) is 0 Å². The van der Waals surface area contributed by atoms with E-state index in [9.17, 15) is 9.59 Å². The highest BCUT2D eigenvalue weighted by Gasteiger charge is 2.15. The van der Waals surface area contributed by atoms with Gasteiger partial charge in [-0.15, -0.1) is 0 Å². The Morgan fingerprint density at radius 1 is 0.826 bits per heavy atom. The minimum Gasteiger partial charge on any atom is -0.465 e. The van der Waals surface area contributed by atoms with Gasteiger partial charge >= 0.3 is 11.9 Å². The highest BCUT2D eigenvalue weighted by molar-refractivity contribution is 5.91. The van der Waals surface area contributed by atoms with Gasteiger partial charge in [-0.1, -0.05) is 52.9 Å². The van der Waals surface area contributed by atoms with Crippen LogP contribution in [0.3, 0.4) is 0 Å². The van der Waals surface area contributed by atoms with E-state index in [0.29, 0.717) is 12.5 Å². The van der Waals surface area contributed by atoms with Crippen LogP contribution in [-0.2, 0) is 19.1 Å². The number of carbonyl (C=O) groups excluding carboxylic acids is 2. The van der Waals surface area contributed by atoms with Gasteiger partial charge in [-0.05, 0) is 38.5 Å². The predicted octanol–water partition coefficient (Wildman–Crippen LogP) is 5.04. The summed E-state index contributed by atoms with van der Waals surface area (Å²) in [7, 11) is 0. The molecule has 1 unspecified atom stereocenters. The number of ether oxygens (including phenoxy) is 2. The molecule has 0 spiro atoms. The van der Waals surface area contributed by atoms with E-state index in [1.165, 1.54) is 32.1 Å². The molecule has 0 saturated heterocycles. The molecule has 136 valence electrons. The molecule has 0 aliphatic heterocycles. The van der Waals surface area contributed by atoms with Crippen molar-refractivity contribution in [2.24, 2.45) is 5.92 Å². The van der Waals surface area contributed by atoms with Crippen LogP contribution in [0, 0.1) is 5.92 Å². The van der Waals surface area contributed by atoms with Crippen LogP contribution in [0.15, 0.2) is 0 Å². The molecule has 1 atom stereocenters. The molecule has 0 aliphatic rings. The van der Waals surface area contributed by atoms with Crippen molar-refractivity contribution in [2.75, 3.05) is 6.61 Å². The smallest absolute Gasteiger partial charge is 0.317 e. The largest absolute Gasteiger partial charge is 0.465 e. The first-order valence-corrected chi connectivity index (χ1v) is 9.30. The van der Waals surface area contributed by atoms with Crippen LogP contribution < -0.4 is 0 Å². The van der Waals surface area contributed by atoms with E-state index in [-0.39, 0.29) is 12.5 Å². The van der Waals surface area contributed by atoms with Gasteiger partial charge in [0.1, 0.15) is 6.42 Å². The summed E-state index contributed by atoms with van der Waals surface area (Å²) in [5.74, 6) is -0.357. The molecule has 0 radical (unpaired) electrons. The summed E-state index contributed by atoms with van der Waals surface area (Å²) in [5, 5.41) is 0. The fraction of sp³-hybridized carbons (Fsp3) is 0.895. The first-order chi connectivity index (χ1) is 11.0. The number of hydrogen-bond donors (Lipinski definition) is 0. The highest BCUT2D eigenvalue weighted by atomic mass is 16.6. The molecular formula is C19H36O4. The van der Waals surface area contributed by atoms with Gasteiger partial charge in [0.15, 0.2) is 0 Å². The Morgan fingerprint density at radius 3 is 2.13 bits per heavy atom. The molecule has 0 aromatic carbocycles. The zero-order valence-corrected chi connectivity index (χ0v) is 15.6. The van der Waals surface area contributed by atoms with E-state index in [4.69, 9.17) is 9.47 Å². The van der Waals surface area contributed by atoms with E-state index in [1.807, 2.05) is 6.92 Å². The van der Waals surface area contributed by atoms with Crippen LogP contribution in [0.5, 0.6) is 0 Å². The Bertz CT molecular complexity index is 312. The average molecular weight is 328 g/mol. The van der Waals surface area contributed by atoms with Crippen molar-refractivity contribution < 1.29 is 19.1 Å². The van der Waals surface area contributed by atoms with Gasteiger partial charge in [0.2, 0.25) is 0 Å². The van der Waals surface area contributed by atoms with E-state index in [0.717, 1.165) is 25.7 Å². The summed E-state index contributed by atoms with van der Waals surface area (Å²) in [4.78, 5) is 23.2. The maximum Gasteiger partial charge on any atom is 0.317 e. The highest BCUT2D eigenvalue weighted by Crippen LogP contribution is 2.11. The summed E-state index contributed by atoms with van der Waals surface area (Å²) < 4.78 is 10.3. The van der Waals surface area contributed by atoms with Crippen molar-refractivity contribution >= 4 is 11.9 Å². The topological polar surface area (TPSA) is 52.6 Å². The molecule has 0 fully saturated rings. The zero-order chi connectivity index (χ0) is 17.5. The van der Waals surface area contributed by atoms with Gasteiger partial charge in [0, 0.05) is 0 Å². The van der Waals surface area contributed by atoms with Crippen LogP contribution >= 0.6 is 0 Å². The average Bonchev–Trinajstić information content (AvgIpc) is 2.46. The second kappa shape index (κ2) is 14.5. The predicted molar refractivity (Wildman–Crippen MR) is 93.2 cm³/mol. The normalized spacial score (nSPS) is 12.2. The summed E-state index contributed by atoms with van der Waals surface area (Å²) in [6.07, 6.45) is 9.65. The summed E-state index contributed by atoms with van der Waals surface area (Å²) in [6.45, 7) is 8.74. The van der Waals surface area contributed by atoms with Crippen LogP contribution in [-0.4, -0.2) is 24.6 Å². The van der Waals surface area contributed by atoms with Crippen molar-refractivity contribution in [1.29, 1.82) is 0 Å². The second-order valence-electron chi connectivity index (χ2n) is 6.79. The Hall–Kier alpha value is -1.06. The monoisotopic (exact) mass is 328 g/mol. The molecule has 4 heteroatoms. The third-order valence-corrected chi connectivity index (χ3v) is 3.77. The molecule has 23 heavy (non-hydrogen) atoms. The molecule has 0 saturated carbocycles. The number of esters is 2. The van der Waals surface area contributed by atoms with Gasteiger partial charge in [-0.25, -0.2) is 0 Å². The van der Waals surface area contributed by atoms with Gasteiger partial charge < -0.3 is 9.47 Å². The van der Waals surface area contributed by atoms with Gasteiger partial charge in [0.05, 0.1) is 12.7 Å². The Balaban J connectivity index is 3.61. The Morgan fingerprint density at radius 2 is 1.48 bits per heavy atom. The molecule has 4 nitrogen and oxygen atoms in total. The molecule has 0 N–H and O–H groups in total. The molecule has 0 rings (SSSR count). The van der Waals surface area contributed by atoms with Crippen molar-refractivity contribution in [3.05, 3.63) is 0 Å². The SMILES string of the molecule is CCCCCCCCC(C)OC(=O)CC(=O)OCCCC(C)C. The van der Waals surface area contributed by atoms with Crippen LogP contribution in [0.2, 0.25) is 0 Å². The lowest BCUT2D eigenvalue weighted by atomic mass is 10.1. The number of unbranched alkanes of at least 4 members (excludes halogenated alkanes) is 5. The number of rotatable bonds is 14. The fourth-order valence-electron chi connectivity index (χ4n) is 2.38. The second-order valence-corrected chi connectivity index (χ2v) is 6.79. The number of hydrogen-bond acceptors (Lipinski definition) is 4. The molecule has 0 heterocycles. The quantitative estimate of drug-likeness (QED) is 0.255. The summed E-state index contributed by atoms with van der Waals surface area (Å²) in [5.41, 5.74) is 0. The maximum absolute atomic E-state index is 11.7. The third kappa shape index (κ3) is 15.6. The lowest BCUT2D eigenvalue weighted by Crippen LogP contribution is -2.19.